The molecule has 0 spiro atoms. The van der Waals surface area contributed by atoms with Crippen molar-refractivity contribution in [3.05, 3.63) is 35.4 Å². The van der Waals surface area contributed by atoms with Crippen LogP contribution in [0.1, 0.15) is 11.1 Å². The summed E-state index contributed by atoms with van der Waals surface area (Å²) in [6, 6.07) is 8.09. The maximum absolute atomic E-state index is 11.8. The van der Waals surface area contributed by atoms with Gasteiger partial charge in [-0.05, 0) is 18.1 Å². The molecule has 0 saturated carbocycles. The van der Waals surface area contributed by atoms with E-state index >= 15 is 0 Å². The molecule has 1 aliphatic heterocycles. The summed E-state index contributed by atoms with van der Waals surface area (Å²) in [6.45, 7) is 3.82. The third kappa shape index (κ3) is 2.65. The van der Waals surface area contributed by atoms with E-state index in [1.165, 1.54) is 11.1 Å². The molecule has 0 aliphatic carbocycles. The number of amides is 1. The van der Waals surface area contributed by atoms with Crippen LogP contribution in [0.15, 0.2) is 24.3 Å². The summed E-state index contributed by atoms with van der Waals surface area (Å²) in [4.78, 5) is 13.6. The predicted octanol–water partition coefficient (Wildman–Crippen LogP) is 0.681. The average Bonchev–Trinajstić information content (AvgIpc) is 2.34. The second-order valence-corrected chi connectivity index (χ2v) is 4.35. The summed E-state index contributed by atoms with van der Waals surface area (Å²) in [7, 11) is 0. The number of ether oxygens (including phenoxy) is 1. The normalized spacial score (nSPS) is 20.7. The van der Waals surface area contributed by atoms with E-state index in [0.717, 1.165) is 0 Å². The monoisotopic (exact) mass is 234 g/mol. The Hall–Kier alpha value is -1.39. The fourth-order valence-electron chi connectivity index (χ4n) is 2.04. The largest absolute Gasteiger partial charge is 0.369 e. The number of morpholine rings is 1. The van der Waals surface area contributed by atoms with E-state index in [1.54, 1.807) is 0 Å². The minimum absolute atomic E-state index is 0.00384. The molecule has 0 aromatic heterocycles. The lowest BCUT2D eigenvalue weighted by Crippen LogP contribution is -2.52. The molecular formula is C13H18N2O2. The van der Waals surface area contributed by atoms with Crippen LogP contribution in [0.3, 0.4) is 0 Å². The number of benzene rings is 1. The van der Waals surface area contributed by atoms with Gasteiger partial charge in [0.25, 0.3) is 0 Å². The highest BCUT2D eigenvalue weighted by Gasteiger charge is 2.27. The molecule has 1 amide bonds. The zero-order chi connectivity index (χ0) is 12.3. The van der Waals surface area contributed by atoms with Crippen molar-refractivity contribution in [2.75, 3.05) is 19.8 Å². The van der Waals surface area contributed by atoms with E-state index in [-0.39, 0.29) is 18.6 Å². The molecule has 2 N–H and O–H groups in total. The topological polar surface area (TPSA) is 55.6 Å². The number of rotatable bonds is 3. The van der Waals surface area contributed by atoms with E-state index in [1.807, 2.05) is 23.1 Å². The Kier molecular flexibility index (Phi) is 3.76. The molecule has 1 saturated heterocycles. The van der Waals surface area contributed by atoms with Gasteiger partial charge in [0.15, 0.2) is 0 Å². The fourth-order valence-corrected chi connectivity index (χ4v) is 2.04. The molecule has 1 aliphatic rings. The van der Waals surface area contributed by atoms with Crippen molar-refractivity contribution in [2.24, 2.45) is 5.73 Å². The number of carbonyl (C=O) groups excluding carboxylic acids is 1. The molecular weight excluding hydrogens is 216 g/mol. The zero-order valence-electron chi connectivity index (χ0n) is 10.1. The van der Waals surface area contributed by atoms with Gasteiger partial charge in [-0.1, -0.05) is 24.3 Å². The highest BCUT2D eigenvalue weighted by Crippen LogP contribution is 2.15. The first-order valence-electron chi connectivity index (χ1n) is 5.84. The van der Waals surface area contributed by atoms with Crippen LogP contribution in [0.2, 0.25) is 0 Å². The Morgan fingerprint density at radius 1 is 1.47 bits per heavy atom. The Balaban J connectivity index is 2.15. The van der Waals surface area contributed by atoms with Crippen molar-refractivity contribution in [2.45, 2.75) is 19.5 Å². The molecule has 1 aromatic carbocycles. The van der Waals surface area contributed by atoms with Gasteiger partial charge in [-0.15, -0.1) is 0 Å². The van der Waals surface area contributed by atoms with Gasteiger partial charge in [0.05, 0.1) is 12.6 Å². The van der Waals surface area contributed by atoms with Crippen molar-refractivity contribution in [1.29, 1.82) is 0 Å². The smallest absolute Gasteiger partial charge is 0.249 e. The third-order valence-corrected chi connectivity index (χ3v) is 3.17. The second-order valence-electron chi connectivity index (χ2n) is 4.35. The number of nitrogens with zero attached hydrogens (tertiary/aromatic N) is 1. The number of nitrogens with two attached hydrogens (primary N) is 1. The summed E-state index contributed by atoms with van der Waals surface area (Å²) >= 11 is 0. The number of hydrogen-bond donors (Lipinski definition) is 1. The molecule has 17 heavy (non-hydrogen) atoms. The lowest BCUT2D eigenvalue weighted by Gasteiger charge is -2.35. The minimum Gasteiger partial charge on any atom is -0.369 e. The van der Waals surface area contributed by atoms with Crippen LogP contribution in [0, 0.1) is 6.92 Å². The van der Waals surface area contributed by atoms with Gasteiger partial charge in [0.2, 0.25) is 5.91 Å². The van der Waals surface area contributed by atoms with Crippen molar-refractivity contribution >= 4 is 5.91 Å². The third-order valence-electron chi connectivity index (χ3n) is 3.17. The van der Waals surface area contributed by atoms with E-state index in [4.69, 9.17) is 10.5 Å². The molecule has 2 rings (SSSR count). The first-order valence-corrected chi connectivity index (χ1v) is 5.84. The van der Waals surface area contributed by atoms with E-state index in [0.29, 0.717) is 19.7 Å². The summed E-state index contributed by atoms with van der Waals surface area (Å²) in [5, 5.41) is 0. The molecule has 92 valence electrons. The molecule has 1 aromatic rings. The first kappa shape index (κ1) is 12.1. The van der Waals surface area contributed by atoms with Crippen LogP contribution in [0.4, 0.5) is 0 Å². The van der Waals surface area contributed by atoms with Crippen LogP contribution in [0.5, 0.6) is 0 Å². The molecule has 0 bridgehead atoms. The van der Waals surface area contributed by atoms with Crippen molar-refractivity contribution < 1.29 is 9.53 Å². The molecule has 1 fully saturated rings. The van der Waals surface area contributed by atoms with Crippen LogP contribution in [-0.4, -0.2) is 36.6 Å². The Labute approximate surface area is 101 Å². The molecule has 4 heteroatoms. The van der Waals surface area contributed by atoms with Gasteiger partial charge < -0.3 is 15.4 Å². The number of carbonyl (C=O) groups is 1. The summed E-state index contributed by atoms with van der Waals surface area (Å²) in [6.07, 6.45) is 0. The van der Waals surface area contributed by atoms with Gasteiger partial charge in [0.1, 0.15) is 6.61 Å². The Morgan fingerprint density at radius 3 is 2.94 bits per heavy atom. The second kappa shape index (κ2) is 5.29. The Morgan fingerprint density at radius 2 is 2.24 bits per heavy atom. The van der Waals surface area contributed by atoms with E-state index < -0.39 is 0 Å². The number of aryl methyl sites for hydroxylation is 1. The molecule has 1 unspecified atom stereocenters. The van der Waals surface area contributed by atoms with Crippen LogP contribution >= 0.6 is 0 Å². The minimum atomic E-state index is -0.00384. The highest BCUT2D eigenvalue weighted by atomic mass is 16.5. The van der Waals surface area contributed by atoms with Crippen molar-refractivity contribution in [1.82, 2.24) is 4.90 Å². The summed E-state index contributed by atoms with van der Waals surface area (Å²) in [5.41, 5.74) is 8.04. The Bertz CT molecular complexity index is 406. The quantitative estimate of drug-likeness (QED) is 0.836. The van der Waals surface area contributed by atoms with Crippen LogP contribution in [-0.2, 0) is 16.1 Å². The average molecular weight is 234 g/mol. The van der Waals surface area contributed by atoms with Gasteiger partial charge in [-0.3, -0.25) is 4.79 Å². The van der Waals surface area contributed by atoms with Crippen molar-refractivity contribution in [3.63, 3.8) is 0 Å². The fraction of sp³-hybridized carbons (Fsp3) is 0.462. The molecule has 4 nitrogen and oxygen atoms in total. The number of hydrogen-bond acceptors (Lipinski definition) is 3. The highest BCUT2D eigenvalue weighted by molar-refractivity contribution is 5.78. The summed E-state index contributed by atoms with van der Waals surface area (Å²) < 4.78 is 5.21. The zero-order valence-corrected chi connectivity index (χ0v) is 10.1. The SMILES string of the molecule is Cc1ccccc1CN1C(=O)COCC1CN. The standard InChI is InChI=1S/C13H18N2O2/c1-10-4-2-3-5-11(10)7-15-12(6-14)8-17-9-13(15)16/h2-5,12H,6-9,14H2,1H3. The van der Waals surface area contributed by atoms with Crippen LogP contribution < -0.4 is 5.73 Å². The molecule has 1 heterocycles. The molecule has 1 atom stereocenters. The van der Waals surface area contributed by atoms with E-state index in [2.05, 4.69) is 13.0 Å². The lowest BCUT2D eigenvalue weighted by molar-refractivity contribution is -0.148. The van der Waals surface area contributed by atoms with Gasteiger partial charge in [0, 0.05) is 13.1 Å². The van der Waals surface area contributed by atoms with Crippen LogP contribution in [0.25, 0.3) is 0 Å². The summed E-state index contributed by atoms with van der Waals surface area (Å²) in [5.74, 6) is 0.0231. The van der Waals surface area contributed by atoms with Gasteiger partial charge in [-0.25, -0.2) is 0 Å². The van der Waals surface area contributed by atoms with Gasteiger partial charge in [-0.2, -0.15) is 0 Å². The lowest BCUT2D eigenvalue weighted by atomic mass is 10.1. The van der Waals surface area contributed by atoms with Gasteiger partial charge >= 0.3 is 0 Å². The predicted molar refractivity (Wildman–Crippen MR) is 65.4 cm³/mol. The van der Waals surface area contributed by atoms with Crippen molar-refractivity contribution in [3.8, 4) is 0 Å². The maximum Gasteiger partial charge on any atom is 0.249 e. The molecule has 0 radical (unpaired) electrons. The van der Waals surface area contributed by atoms with E-state index in [9.17, 15) is 4.79 Å². The first-order chi connectivity index (χ1) is 8.22. The maximum atomic E-state index is 11.8.